The SMILES string of the molecule is CCc1ccc(OCCCOc2ccc(CCCN3CCCC3)cc2)cc1. The fourth-order valence-electron chi connectivity index (χ4n) is 3.53. The summed E-state index contributed by atoms with van der Waals surface area (Å²) < 4.78 is 11.6. The van der Waals surface area contributed by atoms with Crippen molar-refractivity contribution >= 4 is 0 Å². The Morgan fingerprint density at radius 1 is 0.741 bits per heavy atom. The lowest BCUT2D eigenvalue weighted by atomic mass is 10.1. The van der Waals surface area contributed by atoms with E-state index in [9.17, 15) is 0 Å². The van der Waals surface area contributed by atoms with Crippen molar-refractivity contribution in [1.29, 1.82) is 0 Å². The average molecular weight is 368 g/mol. The van der Waals surface area contributed by atoms with E-state index in [1.807, 2.05) is 12.1 Å². The van der Waals surface area contributed by atoms with E-state index in [4.69, 9.17) is 9.47 Å². The summed E-state index contributed by atoms with van der Waals surface area (Å²) in [6.45, 7) is 7.34. The van der Waals surface area contributed by atoms with E-state index in [0.717, 1.165) is 30.8 Å². The van der Waals surface area contributed by atoms with Gasteiger partial charge in [0.1, 0.15) is 11.5 Å². The van der Waals surface area contributed by atoms with Crippen molar-refractivity contribution in [1.82, 2.24) is 4.90 Å². The molecule has 3 heteroatoms. The monoisotopic (exact) mass is 367 g/mol. The zero-order valence-corrected chi connectivity index (χ0v) is 16.7. The fraction of sp³-hybridized carbons (Fsp3) is 0.500. The maximum absolute atomic E-state index is 5.83. The Bertz CT molecular complexity index is 645. The van der Waals surface area contributed by atoms with Gasteiger partial charge in [0, 0.05) is 6.42 Å². The van der Waals surface area contributed by atoms with Gasteiger partial charge in [-0.3, -0.25) is 0 Å². The summed E-state index contributed by atoms with van der Waals surface area (Å²) in [4.78, 5) is 2.58. The maximum atomic E-state index is 5.83. The molecule has 2 aromatic rings. The van der Waals surface area contributed by atoms with Gasteiger partial charge in [0.05, 0.1) is 13.2 Å². The molecule has 2 aromatic carbocycles. The highest BCUT2D eigenvalue weighted by Crippen LogP contribution is 2.16. The Morgan fingerprint density at radius 3 is 1.85 bits per heavy atom. The smallest absolute Gasteiger partial charge is 0.119 e. The van der Waals surface area contributed by atoms with Gasteiger partial charge >= 0.3 is 0 Å². The fourth-order valence-corrected chi connectivity index (χ4v) is 3.53. The van der Waals surface area contributed by atoms with Gasteiger partial charge in [-0.2, -0.15) is 0 Å². The lowest BCUT2D eigenvalue weighted by Crippen LogP contribution is -2.20. The topological polar surface area (TPSA) is 21.7 Å². The number of benzene rings is 2. The Hall–Kier alpha value is -2.00. The number of hydrogen-bond donors (Lipinski definition) is 0. The van der Waals surface area contributed by atoms with Crippen LogP contribution in [0.25, 0.3) is 0 Å². The van der Waals surface area contributed by atoms with Gasteiger partial charge < -0.3 is 14.4 Å². The second-order valence-electron chi connectivity index (χ2n) is 7.34. The summed E-state index contributed by atoms with van der Waals surface area (Å²) in [5.41, 5.74) is 2.74. The molecular weight excluding hydrogens is 334 g/mol. The van der Waals surface area contributed by atoms with E-state index >= 15 is 0 Å². The Morgan fingerprint density at radius 2 is 1.30 bits per heavy atom. The molecular formula is C24H33NO2. The minimum atomic E-state index is 0.681. The first-order valence-electron chi connectivity index (χ1n) is 10.5. The molecule has 0 radical (unpaired) electrons. The molecule has 0 aliphatic carbocycles. The second kappa shape index (κ2) is 11.0. The first-order chi connectivity index (χ1) is 13.3. The summed E-state index contributed by atoms with van der Waals surface area (Å²) >= 11 is 0. The molecule has 0 amide bonds. The maximum Gasteiger partial charge on any atom is 0.119 e. The molecule has 0 aromatic heterocycles. The van der Waals surface area contributed by atoms with Crippen LogP contribution in [0.15, 0.2) is 48.5 Å². The number of likely N-dealkylation sites (tertiary alicyclic amines) is 1. The van der Waals surface area contributed by atoms with Crippen molar-refractivity contribution in [3.63, 3.8) is 0 Å². The Labute approximate surface area is 164 Å². The van der Waals surface area contributed by atoms with E-state index in [-0.39, 0.29) is 0 Å². The molecule has 0 saturated carbocycles. The van der Waals surface area contributed by atoms with Crippen molar-refractivity contribution < 1.29 is 9.47 Å². The van der Waals surface area contributed by atoms with E-state index in [1.54, 1.807) is 0 Å². The van der Waals surface area contributed by atoms with E-state index in [1.165, 1.54) is 50.0 Å². The van der Waals surface area contributed by atoms with Gasteiger partial charge in [0.25, 0.3) is 0 Å². The number of ether oxygens (including phenoxy) is 2. The predicted octanol–water partition coefficient (Wildman–Crippen LogP) is 5.13. The van der Waals surface area contributed by atoms with Crippen LogP contribution in [0.5, 0.6) is 11.5 Å². The van der Waals surface area contributed by atoms with Crippen LogP contribution in [-0.4, -0.2) is 37.7 Å². The summed E-state index contributed by atoms with van der Waals surface area (Å²) in [5.74, 6) is 1.89. The quantitative estimate of drug-likeness (QED) is 0.514. The summed E-state index contributed by atoms with van der Waals surface area (Å²) in [5, 5.41) is 0. The van der Waals surface area contributed by atoms with Crippen molar-refractivity contribution in [3.05, 3.63) is 59.7 Å². The molecule has 0 bridgehead atoms. The molecule has 3 nitrogen and oxygen atoms in total. The van der Waals surface area contributed by atoms with Crippen molar-refractivity contribution in [2.75, 3.05) is 32.8 Å². The molecule has 0 atom stereocenters. The third-order valence-electron chi connectivity index (χ3n) is 5.22. The zero-order chi connectivity index (χ0) is 18.7. The first kappa shape index (κ1) is 19.8. The zero-order valence-electron chi connectivity index (χ0n) is 16.7. The van der Waals surface area contributed by atoms with Crippen molar-refractivity contribution in [3.8, 4) is 11.5 Å². The highest BCUT2D eigenvalue weighted by Gasteiger charge is 2.10. The third kappa shape index (κ3) is 6.91. The standard InChI is InChI=1S/C24H33NO2/c1-2-21-8-12-23(13-9-21)26-19-6-20-27-24-14-10-22(11-15-24)7-5-18-25-16-3-4-17-25/h8-15H,2-7,16-20H2,1H3. The molecule has 0 unspecified atom stereocenters. The van der Waals surface area contributed by atoms with E-state index in [2.05, 4.69) is 48.2 Å². The van der Waals surface area contributed by atoms with Crippen LogP contribution in [0.1, 0.15) is 43.7 Å². The van der Waals surface area contributed by atoms with Crippen LogP contribution in [-0.2, 0) is 12.8 Å². The van der Waals surface area contributed by atoms with Crippen LogP contribution in [0.3, 0.4) is 0 Å². The molecule has 0 spiro atoms. The van der Waals surface area contributed by atoms with E-state index in [0.29, 0.717) is 13.2 Å². The third-order valence-corrected chi connectivity index (χ3v) is 5.22. The molecule has 146 valence electrons. The van der Waals surface area contributed by atoms with Crippen LogP contribution in [0.4, 0.5) is 0 Å². The summed E-state index contributed by atoms with van der Waals surface area (Å²) in [6.07, 6.45) is 7.10. The Kier molecular flexibility index (Phi) is 8.03. The molecule has 27 heavy (non-hydrogen) atoms. The van der Waals surface area contributed by atoms with Gasteiger partial charge in [0.15, 0.2) is 0 Å². The Balaban J connectivity index is 1.27. The molecule has 1 aliphatic heterocycles. The first-order valence-corrected chi connectivity index (χ1v) is 10.5. The number of hydrogen-bond acceptors (Lipinski definition) is 3. The highest BCUT2D eigenvalue weighted by atomic mass is 16.5. The molecule has 1 heterocycles. The molecule has 1 fully saturated rings. The normalized spacial score (nSPS) is 14.4. The van der Waals surface area contributed by atoms with Crippen LogP contribution < -0.4 is 9.47 Å². The van der Waals surface area contributed by atoms with Gasteiger partial charge in [-0.05, 0) is 87.1 Å². The van der Waals surface area contributed by atoms with Crippen molar-refractivity contribution in [2.24, 2.45) is 0 Å². The number of rotatable bonds is 11. The molecule has 1 saturated heterocycles. The molecule has 1 aliphatic rings. The van der Waals surface area contributed by atoms with Crippen LogP contribution in [0.2, 0.25) is 0 Å². The van der Waals surface area contributed by atoms with Gasteiger partial charge in [-0.25, -0.2) is 0 Å². The second-order valence-corrected chi connectivity index (χ2v) is 7.34. The van der Waals surface area contributed by atoms with Gasteiger partial charge in [-0.15, -0.1) is 0 Å². The molecule has 3 rings (SSSR count). The van der Waals surface area contributed by atoms with Crippen LogP contribution in [0, 0.1) is 0 Å². The minimum Gasteiger partial charge on any atom is -0.493 e. The summed E-state index contributed by atoms with van der Waals surface area (Å²) in [6, 6.07) is 16.9. The number of nitrogens with zero attached hydrogens (tertiary/aromatic N) is 1. The van der Waals surface area contributed by atoms with E-state index < -0.39 is 0 Å². The largest absolute Gasteiger partial charge is 0.493 e. The van der Waals surface area contributed by atoms with Gasteiger partial charge in [-0.1, -0.05) is 31.2 Å². The minimum absolute atomic E-state index is 0.681. The highest BCUT2D eigenvalue weighted by molar-refractivity contribution is 5.28. The van der Waals surface area contributed by atoms with Gasteiger partial charge in [0.2, 0.25) is 0 Å². The lowest BCUT2D eigenvalue weighted by Gasteiger charge is -2.14. The number of aryl methyl sites for hydroxylation is 2. The molecule has 0 N–H and O–H groups in total. The predicted molar refractivity (Wildman–Crippen MR) is 112 cm³/mol. The van der Waals surface area contributed by atoms with Crippen molar-refractivity contribution in [2.45, 2.75) is 45.4 Å². The van der Waals surface area contributed by atoms with Crippen LogP contribution >= 0.6 is 0 Å². The lowest BCUT2D eigenvalue weighted by molar-refractivity contribution is 0.247. The average Bonchev–Trinajstić information content (AvgIpc) is 3.23. The summed E-state index contributed by atoms with van der Waals surface area (Å²) in [7, 11) is 0.